The zero-order chi connectivity index (χ0) is 13.7. The van der Waals surface area contributed by atoms with Crippen LogP contribution >= 0.6 is 0 Å². The molecule has 2 aromatic heterocycles. The molecule has 0 amide bonds. The van der Waals surface area contributed by atoms with Crippen LogP contribution in [0.1, 0.15) is 24.4 Å². The fourth-order valence-electron chi connectivity index (χ4n) is 1.88. The first-order chi connectivity index (χ1) is 9.22. The van der Waals surface area contributed by atoms with Crippen LogP contribution in [0.15, 0.2) is 18.6 Å². The van der Waals surface area contributed by atoms with E-state index in [1.54, 1.807) is 11.8 Å². The van der Waals surface area contributed by atoms with Crippen LogP contribution < -0.4 is 10.1 Å². The van der Waals surface area contributed by atoms with Gasteiger partial charge >= 0.3 is 0 Å². The van der Waals surface area contributed by atoms with Crippen molar-refractivity contribution in [1.29, 1.82) is 0 Å². The number of methoxy groups -OCH3 is 1. The first-order valence-corrected chi connectivity index (χ1v) is 6.17. The number of rotatable bonds is 6. The van der Waals surface area contributed by atoms with E-state index in [4.69, 9.17) is 4.74 Å². The van der Waals surface area contributed by atoms with Crippen molar-refractivity contribution < 1.29 is 4.74 Å². The Morgan fingerprint density at radius 1 is 1.42 bits per heavy atom. The van der Waals surface area contributed by atoms with Crippen molar-refractivity contribution in [3.63, 3.8) is 0 Å². The van der Waals surface area contributed by atoms with Crippen molar-refractivity contribution in [3.8, 4) is 5.88 Å². The van der Waals surface area contributed by atoms with Gasteiger partial charge in [-0.2, -0.15) is 0 Å². The Labute approximate surface area is 112 Å². The summed E-state index contributed by atoms with van der Waals surface area (Å²) in [6, 6.07) is 1.91. The molecule has 2 rings (SSSR count). The van der Waals surface area contributed by atoms with Crippen LogP contribution in [-0.2, 0) is 13.5 Å². The van der Waals surface area contributed by atoms with Gasteiger partial charge in [-0.15, -0.1) is 5.10 Å². The molecule has 1 unspecified atom stereocenters. The molecule has 0 saturated carbocycles. The minimum atomic E-state index is 0.0681. The number of nitrogens with one attached hydrogen (secondary N) is 1. The molecule has 2 aromatic rings. The molecule has 0 bridgehead atoms. The Balaban J connectivity index is 2.18. The summed E-state index contributed by atoms with van der Waals surface area (Å²) in [6.07, 6.45) is 4.14. The molecule has 0 aliphatic carbocycles. The van der Waals surface area contributed by atoms with Crippen LogP contribution in [0.2, 0.25) is 0 Å². The van der Waals surface area contributed by atoms with E-state index in [-0.39, 0.29) is 6.04 Å². The van der Waals surface area contributed by atoms with Crippen LogP contribution in [0.25, 0.3) is 0 Å². The molecule has 0 aliphatic rings. The number of nitrogens with zero attached hydrogens (tertiary/aromatic N) is 5. The standard InChI is InChI=1S/C12H18N6O/c1-4-13-10(5-9-7-18(2)17-16-9)11-6-12(19-3)15-8-14-11/h6-8,10,13H,4-5H2,1-3H3. The number of hydrogen-bond acceptors (Lipinski definition) is 6. The van der Waals surface area contributed by atoms with Crippen molar-refractivity contribution in [2.24, 2.45) is 7.05 Å². The molecule has 7 nitrogen and oxygen atoms in total. The van der Waals surface area contributed by atoms with E-state index in [2.05, 4.69) is 32.5 Å². The maximum absolute atomic E-state index is 5.13. The summed E-state index contributed by atoms with van der Waals surface area (Å²) in [6.45, 7) is 2.90. The van der Waals surface area contributed by atoms with Crippen molar-refractivity contribution in [2.45, 2.75) is 19.4 Å². The maximum atomic E-state index is 5.13. The molecule has 1 atom stereocenters. The SMILES string of the molecule is CCNC(Cc1cn(C)nn1)c1cc(OC)ncn1. The summed E-state index contributed by atoms with van der Waals surface area (Å²) >= 11 is 0. The molecular formula is C12H18N6O. The third kappa shape index (κ3) is 3.47. The maximum Gasteiger partial charge on any atom is 0.216 e. The lowest BCUT2D eigenvalue weighted by atomic mass is 10.1. The summed E-state index contributed by atoms with van der Waals surface area (Å²) in [5.74, 6) is 0.562. The summed E-state index contributed by atoms with van der Waals surface area (Å²) in [5, 5.41) is 11.4. The van der Waals surface area contributed by atoms with Crippen LogP contribution in [-0.4, -0.2) is 38.6 Å². The Morgan fingerprint density at radius 3 is 2.89 bits per heavy atom. The molecule has 2 heterocycles. The highest BCUT2D eigenvalue weighted by Gasteiger charge is 2.15. The third-order valence-corrected chi connectivity index (χ3v) is 2.74. The number of aryl methyl sites for hydroxylation is 1. The molecule has 7 heteroatoms. The fraction of sp³-hybridized carbons (Fsp3) is 0.500. The Hall–Kier alpha value is -2.02. The van der Waals surface area contributed by atoms with Gasteiger partial charge in [0.2, 0.25) is 5.88 Å². The van der Waals surface area contributed by atoms with Gasteiger partial charge in [0, 0.05) is 25.7 Å². The van der Waals surface area contributed by atoms with Gasteiger partial charge in [-0.3, -0.25) is 4.68 Å². The van der Waals surface area contributed by atoms with Crippen LogP contribution in [0.5, 0.6) is 5.88 Å². The van der Waals surface area contributed by atoms with Crippen molar-refractivity contribution in [2.75, 3.05) is 13.7 Å². The van der Waals surface area contributed by atoms with E-state index in [0.29, 0.717) is 5.88 Å². The van der Waals surface area contributed by atoms with E-state index in [9.17, 15) is 0 Å². The van der Waals surface area contributed by atoms with Gasteiger partial charge in [0.15, 0.2) is 0 Å². The monoisotopic (exact) mass is 262 g/mol. The van der Waals surface area contributed by atoms with E-state index in [1.807, 2.05) is 19.3 Å². The lowest BCUT2D eigenvalue weighted by Gasteiger charge is -2.16. The largest absolute Gasteiger partial charge is 0.481 e. The number of ether oxygens (including phenoxy) is 1. The molecule has 102 valence electrons. The second kappa shape index (κ2) is 6.24. The smallest absolute Gasteiger partial charge is 0.216 e. The zero-order valence-corrected chi connectivity index (χ0v) is 11.4. The van der Waals surface area contributed by atoms with Gasteiger partial charge in [-0.05, 0) is 6.54 Å². The first kappa shape index (κ1) is 13.4. The van der Waals surface area contributed by atoms with Crippen LogP contribution in [0.3, 0.4) is 0 Å². The van der Waals surface area contributed by atoms with Gasteiger partial charge in [-0.1, -0.05) is 12.1 Å². The summed E-state index contributed by atoms with van der Waals surface area (Å²) in [7, 11) is 3.45. The minimum Gasteiger partial charge on any atom is -0.481 e. The Bertz CT molecular complexity index is 526. The van der Waals surface area contributed by atoms with Gasteiger partial charge in [0.05, 0.1) is 24.5 Å². The zero-order valence-electron chi connectivity index (χ0n) is 11.4. The summed E-state index contributed by atoms with van der Waals surface area (Å²) in [5.41, 5.74) is 1.81. The van der Waals surface area contributed by atoms with Gasteiger partial charge in [-0.25, -0.2) is 9.97 Å². The van der Waals surface area contributed by atoms with Crippen molar-refractivity contribution in [1.82, 2.24) is 30.3 Å². The fourth-order valence-corrected chi connectivity index (χ4v) is 1.88. The predicted octanol–water partition coefficient (Wildman–Crippen LogP) is 0.507. The highest BCUT2D eigenvalue weighted by atomic mass is 16.5. The van der Waals surface area contributed by atoms with E-state index in [0.717, 1.165) is 24.4 Å². The highest BCUT2D eigenvalue weighted by molar-refractivity contribution is 5.18. The molecule has 0 fully saturated rings. The molecule has 0 spiro atoms. The highest BCUT2D eigenvalue weighted by Crippen LogP contribution is 2.17. The number of likely N-dealkylation sites (N-methyl/N-ethyl adjacent to an activating group) is 1. The lowest BCUT2D eigenvalue weighted by Crippen LogP contribution is -2.24. The molecule has 0 aromatic carbocycles. The van der Waals surface area contributed by atoms with Crippen molar-refractivity contribution in [3.05, 3.63) is 30.0 Å². The quantitative estimate of drug-likeness (QED) is 0.817. The summed E-state index contributed by atoms with van der Waals surface area (Å²) in [4.78, 5) is 8.32. The predicted molar refractivity (Wildman–Crippen MR) is 69.7 cm³/mol. The second-order valence-corrected chi connectivity index (χ2v) is 4.18. The van der Waals surface area contributed by atoms with E-state index in [1.165, 1.54) is 6.33 Å². The van der Waals surface area contributed by atoms with Crippen molar-refractivity contribution >= 4 is 0 Å². The Kier molecular flexibility index (Phi) is 4.40. The summed E-state index contributed by atoms with van der Waals surface area (Å²) < 4.78 is 6.82. The average Bonchev–Trinajstić information content (AvgIpc) is 2.84. The molecular weight excluding hydrogens is 244 g/mol. The normalized spacial score (nSPS) is 12.4. The van der Waals surface area contributed by atoms with Crippen LogP contribution in [0.4, 0.5) is 0 Å². The molecule has 1 N–H and O–H groups in total. The molecule has 19 heavy (non-hydrogen) atoms. The first-order valence-electron chi connectivity index (χ1n) is 6.17. The lowest BCUT2D eigenvalue weighted by molar-refractivity contribution is 0.393. The topological polar surface area (TPSA) is 77.8 Å². The van der Waals surface area contributed by atoms with E-state index < -0.39 is 0 Å². The molecule has 0 radical (unpaired) electrons. The second-order valence-electron chi connectivity index (χ2n) is 4.18. The average molecular weight is 262 g/mol. The molecule has 0 saturated heterocycles. The Morgan fingerprint density at radius 2 is 2.26 bits per heavy atom. The van der Waals surface area contributed by atoms with Crippen LogP contribution in [0, 0.1) is 0 Å². The van der Waals surface area contributed by atoms with Gasteiger partial charge < -0.3 is 10.1 Å². The molecule has 0 aliphatic heterocycles. The minimum absolute atomic E-state index is 0.0681. The third-order valence-electron chi connectivity index (χ3n) is 2.74. The van der Waals surface area contributed by atoms with E-state index >= 15 is 0 Å². The van der Waals surface area contributed by atoms with Gasteiger partial charge in [0.1, 0.15) is 6.33 Å². The number of aromatic nitrogens is 5. The van der Waals surface area contributed by atoms with Gasteiger partial charge in [0.25, 0.3) is 0 Å². The number of hydrogen-bond donors (Lipinski definition) is 1.